The number of rotatable bonds is 4. The number of anilines is 1. The minimum atomic E-state index is -0.266. The molecule has 2 N–H and O–H groups in total. The van der Waals surface area contributed by atoms with Gasteiger partial charge in [-0.2, -0.15) is 0 Å². The molecule has 7 nitrogen and oxygen atoms in total. The summed E-state index contributed by atoms with van der Waals surface area (Å²) in [5, 5.41) is 7.66. The van der Waals surface area contributed by atoms with Crippen LogP contribution in [0.4, 0.5) is 5.69 Å². The molecule has 0 fully saturated rings. The van der Waals surface area contributed by atoms with Gasteiger partial charge in [0.2, 0.25) is 0 Å². The van der Waals surface area contributed by atoms with E-state index >= 15 is 0 Å². The van der Waals surface area contributed by atoms with Crippen LogP contribution in [0.25, 0.3) is 5.69 Å². The monoisotopic (exact) mass is 280 g/mol. The third-order valence-corrected chi connectivity index (χ3v) is 2.82. The van der Waals surface area contributed by atoms with E-state index in [4.69, 9.17) is 0 Å². The highest BCUT2D eigenvalue weighted by molar-refractivity contribution is 5.98. The van der Waals surface area contributed by atoms with Gasteiger partial charge in [-0.15, -0.1) is 5.10 Å². The van der Waals surface area contributed by atoms with E-state index in [-0.39, 0.29) is 5.91 Å². The quantitative estimate of drug-likeness (QED) is 0.706. The molecule has 0 aliphatic rings. The molecule has 0 aliphatic heterocycles. The Morgan fingerprint density at radius 3 is 2.62 bits per heavy atom. The molecule has 1 aromatic carbocycles. The highest BCUT2D eigenvalue weighted by atomic mass is 16.2. The lowest BCUT2D eigenvalue weighted by Gasteiger charge is -2.11. The zero-order valence-electron chi connectivity index (χ0n) is 11.0. The zero-order chi connectivity index (χ0) is 14.5. The van der Waals surface area contributed by atoms with Gasteiger partial charge in [-0.05, 0) is 24.3 Å². The van der Waals surface area contributed by atoms with Crippen molar-refractivity contribution < 1.29 is 4.79 Å². The van der Waals surface area contributed by atoms with E-state index < -0.39 is 0 Å². The van der Waals surface area contributed by atoms with Crippen LogP contribution in [0.3, 0.4) is 0 Å². The van der Waals surface area contributed by atoms with Crippen LogP contribution in [0.2, 0.25) is 0 Å². The van der Waals surface area contributed by atoms with Gasteiger partial charge in [0.05, 0.1) is 29.3 Å². The third-order valence-electron chi connectivity index (χ3n) is 2.82. The van der Waals surface area contributed by atoms with Crippen molar-refractivity contribution in [2.45, 2.75) is 0 Å². The van der Waals surface area contributed by atoms with Gasteiger partial charge >= 0.3 is 0 Å². The number of hydrogen-bond acceptors (Lipinski definition) is 5. The van der Waals surface area contributed by atoms with E-state index in [0.717, 1.165) is 5.69 Å². The molecule has 3 aromatic rings. The first-order valence-electron chi connectivity index (χ1n) is 6.27. The first kappa shape index (κ1) is 12.8. The number of hydrogen-bond donors (Lipinski definition) is 2. The largest absolute Gasteiger partial charge is 0.298 e. The van der Waals surface area contributed by atoms with E-state index in [1.54, 1.807) is 59.8 Å². The van der Waals surface area contributed by atoms with Crippen molar-refractivity contribution in [3.05, 3.63) is 66.7 Å². The normalized spacial score (nSPS) is 10.1. The molecule has 2 aromatic heterocycles. The minimum absolute atomic E-state index is 0.266. The fraction of sp³-hybridized carbons (Fsp3) is 0. The van der Waals surface area contributed by atoms with Gasteiger partial charge in [0.25, 0.3) is 5.91 Å². The molecule has 1 amide bonds. The topological polar surface area (TPSA) is 84.7 Å². The summed E-state index contributed by atoms with van der Waals surface area (Å²) in [5.74, 6) is -0.266. The third kappa shape index (κ3) is 2.86. The fourth-order valence-corrected chi connectivity index (χ4v) is 1.83. The van der Waals surface area contributed by atoms with E-state index in [1.807, 2.05) is 6.07 Å². The molecule has 0 atom stereocenters. The van der Waals surface area contributed by atoms with Gasteiger partial charge < -0.3 is 0 Å². The Balaban J connectivity index is 1.79. The van der Waals surface area contributed by atoms with Crippen LogP contribution in [0.1, 0.15) is 10.4 Å². The predicted octanol–water partition coefficient (Wildman–Crippen LogP) is 1.42. The summed E-state index contributed by atoms with van der Waals surface area (Å²) in [4.78, 5) is 16.2. The molecule has 0 unspecified atom stereocenters. The number of carbonyl (C=O) groups excluding carboxylic acids is 1. The Bertz CT molecular complexity index is 726. The van der Waals surface area contributed by atoms with Crippen LogP contribution in [-0.2, 0) is 0 Å². The summed E-state index contributed by atoms with van der Waals surface area (Å²) in [6.45, 7) is 0. The number of benzene rings is 1. The van der Waals surface area contributed by atoms with E-state index in [1.165, 1.54) is 0 Å². The second kappa shape index (κ2) is 5.83. The van der Waals surface area contributed by atoms with E-state index in [2.05, 4.69) is 26.1 Å². The zero-order valence-corrected chi connectivity index (χ0v) is 11.0. The number of nitrogens with one attached hydrogen (secondary N) is 2. The SMILES string of the molecule is O=C(NNc1ccncc1)c1ccccc1-n1ccnn1. The summed E-state index contributed by atoms with van der Waals surface area (Å²) < 4.78 is 1.54. The van der Waals surface area contributed by atoms with Crippen molar-refractivity contribution in [1.29, 1.82) is 0 Å². The van der Waals surface area contributed by atoms with Gasteiger partial charge in [-0.1, -0.05) is 17.3 Å². The smallest absolute Gasteiger partial charge is 0.271 e. The van der Waals surface area contributed by atoms with Gasteiger partial charge in [-0.25, -0.2) is 4.68 Å². The number of pyridine rings is 1. The van der Waals surface area contributed by atoms with Crippen LogP contribution >= 0.6 is 0 Å². The van der Waals surface area contributed by atoms with Crippen molar-refractivity contribution in [2.24, 2.45) is 0 Å². The first-order valence-corrected chi connectivity index (χ1v) is 6.27. The molecule has 0 saturated carbocycles. The summed E-state index contributed by atoms with van der Waals surface area (Å²) >= 11 is 0. The van der Waals surface area contributed by atoms with Gasteiger partial charge in [0.1, 0.15) is 0 Å². The van der Waals surface area contributed by atoms with Crippen LogP contribution in [0, 0.1) is 0 Å². The number of aromatic nitrogens is 4. The van der Waals surface area contributed by atoms with Crippen molar-refractivity contribution >= 4 is 11.6 Å². The number of nitrogens with zero attached hydrogens (tertiary/aromatic N) is 4. The lowest BCUT2D eigenvalue weighted by atomic mass is 10.1. The molecule has 104 valence electrons. The Morgan fingerprint density at radius 1 is 1.05 bits per heavy atom. The molecule has 0 saturated heterocycles. The molecule has 0 aliphatic carbocycles. The molecular weight excluding hydrogens is 268 g/mol. The first-order chi connectivity index (χ1) is 10.3. The van der Waals surface area contributed by atoms with Crippen LogP contribution in [-0.4, -0.2) is 25.9 Å². The molecule has 2 heterocycles. The molecule has 7 heteroatoms. The lowest BCUT2D eigenvalue weighted by Crippen LogP contribution is -2.30. The van der Waals surface area contributed by atoms with Crippen LogP contribution in [0.5, 0.6) is 0 Å². The number of para-hydroxylation sites is 1. The molecule has 3 rings (SSSR count). The standard InChI is InChI=1S/C14H12N6O/c21-14(18-17-11-5-7-15-8-6-11)12-3-1-2-4-13(12)20-10-9-16-19-20/h1-10H,(H,15,17)(H,18,21). The summed E-state index contributed by atoms with van der Waals surface area (Å²) in [5.41, 5.74) is 7.36. The van der Waals surface area contributed by atoms with Gasteiger partial charge in [0, 0.05) is 12.4 Å². The van der Waals surface area contributed by atoms with Crippen LogP contribution in [0.15, 0.2) is 61.2 Å². The maximum atomic E-state index is 12.3. The second-order valence-electron chi connectivity index (χ2n) is 4.18. The van der Waals surface area contributed by atoms with Crippen LogP contribution < -0.4 is 10.9 Å². The summed E-state index contributed by atoms with van der Waals surface area (Å²) in [6, 6.07) is 10.7. The average Bonchev–Trinajstić information content (AvgIpc) is 3.08. The molecule has 0 bridgehead atoms. The maximum absolute atomic E-state index is 12.3. The maximum Gasteiger partial charge on any atom is 0.271 e. The highest BCUT2D eigenvalue weighted by Crippen LogP contribution is 2.13. The predicted molar refractivity (Wildman–Crippen MR) is 76.7 cm³/mol. The van der Waals surface area contributed by atoms with Gasteiger partial charge in [-0.3, -0.25) is 20.6 Å². The van der Waals surface area contributed by atoms with Crippen molar-refractivity contribution in [1.82, 2.24) is 25.4 Å². The highest BCUT2D eigenvalue weighted by Gasteiger charge is 2.12. The molecule has 0 spiro atoms. The fourth-order valence-electron chi connectivity index (χ4n) is 1.83. The average molecular weight is 280 g/mol. The molecule has 0 radical (unpaired) electrons. The van der Waals surface area contributed by atoms with Crippen molar-refractivity contribution in [3.8, 4) is 5.69 Å². The Morgan fingerprint density at radius 2 is 1.86 bits per heavy atom. The lowest BCUT2D eigenvalue weighted by molar-refractivity contribution is 0.0962. The summed E-state index contributed by atoms with van der Waals surface area (Å²) in [7, 11) is 0. The van der Waals surface area contributed by atoms with Crippen molar-refractivity contribution in [2.75, 3.05) is 5.43 Å². The second-order valence-corrected chi connectivity index (χ2v) is 4.18. The van der Waals surface area contributed by atoms with Gasteiger partial charge in [0.15, 0.2) is 0 Å². The number of hydrazine groups is 1. The van der Waals surface area contributed by atoms with E-state index in [9.17, 15) is 4.79 Å². The molecule has 21 heavy (non-hydrogen) atoms. The van der Waals surface area contributed by atoms with Crippen molar-refractivity contribution in [3.63, 3.8) is 0 Å². The Kier molecular flexibility index (Phi) is 3.55. The molecular formula is C14H12N6O. The summed E-state index contributed by atoms with van der Waals surface area (Å²) in [6.07, 6.45) is 6.52. The Labute approximate surface area is 120 Å². The Hall–Kier alpha value is -3.22. The minimum Gasteiger partial charge on any atom is -0.298 e. The van der Waals surface area contributed by atoms with E-state index in [0.29, 0.717) is 11.3 Å². The number of amides is 1. The number of carbonyl (C=O) groups is 1.